The van der Waals surface area contributed by atoms with E-state index in [2.05, 4.69) is 34.7 Å². The van der Waals surface area contributed by atoms with Crippen LogP contribution in [0.3, 0.4) is 0 Å². The summed E-state index contributed by atoms with van der Waals surface area (Å²) in [6.45, 7) is 6.20. The molecule has 0 aliphatic heterocycles. The van der Waals surface area contributed by atoms with Crippen LogP contribution in [0, 0.1) is 5.92 Å². The van der Waals surface area contributed by atoms with Crippen molar-refractivity contribution in [2.24, 2.45) is 11.7 Å². The fourth-order valence-electron chi connectivity index (χ4n) is 2.28. The zero-order valence-corrected chi connectivity index (χ0v) is 12.1. The van der Waals surface area contributed by atoms with Crippen LogP contribution < -0.4 is 5.73 Å². The number of hydrogen-bond acceptors (Lipinski definition) is 3. The average Bonchev–Trinajstić information content (AvgIpc) is 3.02. The molecule has 1 aromatic rings. The molecule has 1 heterocycles. The van der Waals surface area contributed by atoms with Crippen LogP contribution in [0.1, 0.15) is 38.5 Å². The Bertz CT molecular complexity index is 360. The van der Waals surface area contributed by atoms with Crippen molar-refractivity contribution in [1.29, 1.82) is 0 Å². The molecule has 0 saturated heterocycles. The van der Waals surface area contributed by atoms with Gasteiger partial charge in [0.1, 0.15) is 5.76 Å². The molecule has 0 spiro atoms. The minimum atomic E-state index is 0.219. The molecule has 0 amide bonds. The SMILES string of the molecule is CC(C)CN(C1CC1)C(CN)c1ccc(Br)o1. The Morgan fingerprint density at radius 2 is 2.18 bits per heavy atom. The number of halogens is 1. The number of rotatable bonds is 6. The van der Waals surface area contributed by atoms with Crippen LogP contribution in [-0.4, -0.2) is 24.0 Å². The summed E-state index contributed by atoms with van der Waals surface area (Å²) in [6, 6.07) is 4.89. The zero-order valence-electron chi connectivity index (χ0n) is 10.5. The summed E-state index contributed by atoms with van der Waals surface area (Å²) in [6.07, 6.45) is 2.59. The predicted molar refractivity (Wildman–Crippen MR) is 72.8 cm³/mol. The van der Waals surface area contributed by atoms with Gasteiger partial charge in [0.2, 0.25) is 0 Å². The molecule has 1 aromatic heterocycles. The Kier molecular flexibility index (Phi) is 4.28. The van der Waals surface area contributed by atoms with Crippen molar-refractivity contribution in [1.82, 2.24) is 4.90 Å². The first kappa shape index (κ1) is 13.1. The summed E-state index contributed by atoms with van der Waals surface area (Å²) in [5, 5.41) is 0. The lowest BCUT2D eigenvalue weighted by atomic mass is 10.1. The Labute approximate surface area is 111 Å². The Hall–Kier alpha value is -0.320. The van der Waals surface area contributed by atoms with Crippen molar-refractivity contribution in [3.8, 4) is 0 Å². The van der Waals surface area contributed by atoms with Crippen molar-refractivity contribution < 1.29 is 4.42 Å². The first-order valence-electron chi connectivity index (χ1n) is 6.33. The van der Waals surface area contributed by atoms with Gasteiger partial charge in [0.15, 0.2) is 4.67 Å². The second kappa shape index (κ2) is 5.55. The highest BCUT2D eigenvalue weighted by molar-refractivity contribution is 9.10. The van der Waals surface area contributed by atoms with E-state index in [1.54, 1.807) is 0 Å². The Morgan fingerprint density at radius 1 is 1.47 bits per heavy atom. The molecule has 1 aliphatic rings. The van der Waals surface area contributed by atoms with Crippen molar-refractivity contribution in [2.75, 3.05) is 13.1 Å². The molecule has 2 rings (SSSR count). The molecule has 1 saturated carbocycles. The molecule has 17 heavy (non-hydrogen) atoms. The topological polar surface area (TPSA) is 42.4 Å². The molecule has 1 atom stereocenters. The van der Waals surface area contributed by atoms with E-state index in [1.807, 2.05) is 12.1 Å². The van der Waals surface area contributed by atoms with Crippen molar-refractivity contribution in [3.63, 3.8) is 0 Å². The molecule has 0 bridgehead atoms. The number of nitrogens with two attached hydrogens (primary N) is 1. The first-order valence-corrected chi connectivity index (χ1v) is 7.12. The highest BCUT2D eigenvalue weighted by Crippen LogP contribution is 2.35. The third-order valence-corrected chi connectivity index (χ3v) is 3.56. The van der Waals surface area contributed by atoms with E-state index in [-0.39, 0.29) is 6.04 Å². The van der Waals surface area contributed by atoms with Crippen LogP contribution in [0.15, 0.2) is 21.2 Å². The van der Waals surface area contributed by atoms with E-state index in [0.717, 1.165) is 17.0 Å². The van der Waals surface area contributed by atoms with Gasteiger partial charge in [-0.15, -0.1) is 0 Å². The maximum Gasteiger partial charge on any atom is 0.169 e. The number of nitrogens with zero attached hydrogens (tertiary/aromatic N) is 1. The summed E-state index contributed by atoms with van der Waals surface area (Å²) in [5.74, 6) is 1.63. The fraction of sp³-hybridized carbons (Fsp3) is 0.692. The van der Waals surface area contributed by atoms with Crippen molar-refractivity contribution >= 4 is 15.9 Å². The van der Waals surface area contributed by atoms with Gasteiger partial charge in [0.05, 0.1) is 6.04 Å². The quantitative estimate of drug-likeness (QED) is 0.877. The van der Waals surface area contributed by atoms with Gasteiger partial charge in [0, 0.05) is 19.1 Å². The largest absolute Gasteiger partial charge is 0.453 e. The third-order valence-electron chi connectivity index (χ3n) is 3.14. The molecule has 1 aliphatic carbocycles. The van der Waals surface area contributed by atoms with Crippen LogP contribution in [0.2, 0.25) is 0 Å². The zero-order chi connectivity index (χ0) is 12.4. The van der Waals surface area contributed by atoms with E-state index in [9.17, 15) is 0 Å². The second-order valence-electron chi connectivity index (χ2n) is 5.22. The summed E-state index contributed by atoms with van der Waals surface area (Å²) >= 11 is 3.36. The van der Waals surface area contributed by atoms with Gasteiger partial charge >= 0.3 is 0 Å². The van der Waals surface area contributed by atoms with Crippen LogP contribution in [0.4, 0.5) is 0 Å². The predicted octanol–water partition coefficient (Wildman–Crippen LogP) is 3.16. The summed E-state index contributed by atoms with van der Waals surface area (Å²) in [5.41, 5.74) is 5.94. The van der Waals surface area contributed by atoms with E-state index in [4.69, 9.17) is 10.2 Å². The molecule has 1 fully saturated rings. The smallest absolute Gasteiger partial charge is 0.169 e. The molecule has 1 unspecified atom stereocenters. The average molecular weight is 301 g/mol. The van der Waals surface area contributed by atoms with E-state index in [0.29, 0.717) is 18.5 Å². The third kappa shape index (κ3) is 3.33. The van der Waals surface area contributed by atoms with E-state index >= 15 is 0 Å². The molecule has 3 nitrogen and oxygen atoms in total. The van der Waals surface area contributed by atoms with Gasteiger partial charge in [-0.1, -0.05) is 13.8 Å². The molecule has 0 radical (unpaired) electrons. The fourth-order valence-corrected chi connectivity index (χ4v) is 2.60. The standard InChI is InChI=1S/C13H21BrN2O/c1-9(2)8-16(10-3-4-10)11(7-15)12-5-6-13(14)17-12/h5-6,9-11H,3-4,7-8,15H2,1-2H3. The maximum absolute atomic E-state index is 5.94. The lowest BCUT2D eigenvalue weighted by Gasteiger charge is -2.31. The summed E-state index contributed by atoms with van der Waals surface area (Å²) < 4.78 is 6.46. The second-order valence-corrected chi connectivity index (χ2v) is 6.00. The van der Waals surface area contributed by atoms with Gasteiger partial charge in [0.25, 0.3) is 0 Å². The van der Waals surface area contributed by atoms with Gasteiger partial charge in [-0.2, -0.15) is 0 Å². The van der Waals surface area contributed by atoms with E-state index in [1.165, 1.54) is 12.8 Å². The van der Waals surface area contributed by atoms with Crippen molar-refractivity contribution in [2.45, 2.75) is 38.8 Å². The highest BCUT2D eigenvalue weighted by atomic mass is 79.9. The van der Waals surface area contributed by atoms with Gasteiger partial charge in [-0.25, -0.2) is 0 Å². The van der Waals surface area contributed by atoms with Crippen LogP contribution in [0.25, 0.3) is 0 Å². The summed E-state index contributed by atoms with van der Waals surface area (Å²) in [7, 11) is 0. The first-order chi connectivity index (χ1) is 8.11. The lowest BCUT2D eigenvalue weighted by molar-refractivity contribution is 0.150. The molecular weight excluding hydrogens is 280 g/mol. The minimum Gasteiger partial charge on any atom is -0.453 e. The highest BCUT2D eigenvalue weighted by Gasteiger charge is 2.35. The maximum atomic E-state index is 5.94. The molecule has 96 valence electrons. The van der Waals surface area contributed by atoms with Crippen LogP contribution in [-0.2, 0) is 0 Å². The van der Waals surface area contributed by atoms with Gasteiger partial charge in [-0.05, 0) is 46.8 Å². The molecule has 0 aromatic carbocycles. The Balaban J connectivity index is 2.13. The lowest BCUT2D eigenvalue weighted by Crippen LogP contribution is -2.37. The molecular formula is C13H21BrN2O. The minimum absolute atomic E-state index is 0.219. The van der Waals surface area contributed by atoms with Gasteiger partial charge < -0.3 is 10.2 Å². The number of furan rings is 1. The molecule has 4 heteroatoms. The normalized spacial score (nSPS) is 18.0. The van der Waals surface area contributed by atoms with Crippen molar-refractivity contribution in [3.05, 3.63) is 22.6 Å². The monoisotopic (exact) mass is 300 g/mol. The molecule has 2 N–H and O–H groups in total. The van der Waals surface area contributed by atoms with Gasteiger partial charge in [-0.3, -0.25) is 4.90 Å². The van der Waals surface area contributed by atoms with Crippen LogP contribution in [0.5, 0.6) is 0 Å². The number of hydrogen-bond donors (Lipinski definition) is 1. The van der Waals surface area contributed by atoms with Crippen LogP contribution >= 0.6 is 15.9 Å². The van der Waals surface area contributed by atoms with E-state index < -0.39 is 0 Å². The summed E-state index contributed by atoms with van der Waals surface area (Å²) in [4.78, 5) is 2.51. The Morgan fingerprint density at radius 3 is 2.59 bits per heavy atom.